The predicted octanol–water partition coefficient (Wildman–Crippen LogP) is 1.21. The van der Waals surface area contributed by atoms with Gasteiger partial charge in [0.25, 0.3) is 0 Å². The van der Waals surface area contributed by atoms with Crippen molar-refractivity contribution in [2.24, 2.45) is 0 Å². The Balaban J connectivity index is 0.000000954. The Hall–Kier alpha value is -0.294. The summed E-state index contributed by atoms with van der Waals surface area (Å²) in [7, 11) is 3.10. The molecular formula is C15H19F3KN4O-. The number of rotatable bonds is 2. The zero-order valence-corrected chi connectivity index (χ0v) is 17.7. The monoisotopic (exact) mass is 367 g/mol. The van der Waals surface area contributed by atoms with Crippen LogP contribution in [0.3, 0.4) is 0 Å². The molecule has 2 rings (SSSR count). The average Bonchev–Trinajstić information content (AvgIpc) is 2.45. The van der Waals surface area contributed by atoms with Gasteiger partial charge >= 0.3 is 57.6 Å². The first kappa shape index (κ1) is 23.7. The molecule has 2 aromatic rings. The van der Waals surface area contributed by atoms with Gasteiger partial charge in [0.2, 0.25) is 0 Å². The molecule has 0 saturated carbocycles. The largest absolute Gasteiger partial charge is 1.00 e. The molecule has 0 unspecified atom stereocenters. The fraction of sp³-hybridized carbons (Fsp3) is 0.467. The van der Waals surface area contributed by atoms with Gasteiger partial charge in [-0.3, -0.25) is 4.98 Å². The van der Waals surface area contributed by atoms with Crippen LogP contribution >= 0.6 is 0 Å². The number of fused-ring (bicyclic) bond motifs is 1. The van der Waals surface area contributed by atoms with Crippen molar-refractivity contribution in [3.63, 3.8) is 0 Å². The zero-order valence-electron chi connectivity index (χ0n) is 14.6. The quantitative estimate of drug-likeness (QED) is 0.493. The molecule has 0 aliphatic heterocycles. The first-order chi connectivity index (χ1) is 10.6. The number of nitrogens with one attached hydrogen (secondary N) is 1. The maximum atomic E-state index is 12.6. The summed E-state index contributed by atoms with van der Waals surface area (Å²) in [5.41, 5.74) is 2.60. The molecule has 0 aromatic carbocycles. The molecule has 5 nitrogen and oxygen atoms in total. The topological polar surface area (TPSA) is 61.1 Å². The average molecular weight is 367 g/mol. The summed E-state index contributed by atoms with van der Waals surface area (Å²) < 4.78 is 37.8. The molecule has 128 valence electrons. The molecule has 0 radical (unpaired) electrons. The summed E-state index contributed by atoms with van der Waals surface area (Å²) in [6.07, 6.45) is -0.998. The molecule has 0 spiro atoms. The predicted molar refractivity (Wildman–Crippen MR) is 83.0 cm³/mol. The van der Waals surface area contributed by atoms with Crippen LogP contribution in [0, 0.1) is 6.20 Å². The summed E-state index contributed by atoms with van der Waals surface area (Å²) in [6.45, 7) is 5.78. The molecule has 0 amide bonds. The Bertz CT molecular complexity index is 643. The smallest absolute Gasteiger partial charge is 0.537 e. The maximum absolute atomic E-state index is 12.6. The van der Waals surface area contributed by atoms with Gasteiger partial charge in [-0.25, -0.2) is 0 Å². The van der Waals surface area contributed by atoms with Crippen molar-refractivity contribution in [3.05, 3.63) is 35.6 Å². The van der Waals surface area contributed by atoms with Crippen molar-refractivity contribution < 1.29 is 69.4 Å². The summed E-state index contributed by atoms with van der Waals surface area (Å²) in [6, 6.07) is 2.44. The second kappa shape index (κ2) is 10.0. The van der Waals surface area contributed by atoms with Gasteiger partial charge in [-0.05, 0) is 20.8 Å². The van der Waals surface area contributed by atoms with Crippen LogP contribution in [0.2, 0.25) is 0 Å². The van der Waals surface area contributed by atoms with Crippen molar-refractivity contribution in [2.75, 3.05) is 19.5 Å². The van der Waals surface area contributed by atoms with Crippen molar-refractivity contribution >= 4 is 16.7 Å². The van der Waals surface area contributed by atoms with Crippen LogP contribution in [0.5, 0.6) is 0 Å². The SMILES string of the molecule is CC(C)(C)Nc1n[c-]cc2cc(C(F)(F)F)cnc12.C[N-]OC.[K+]. The van der Waals surface area contributed by atoms with E-state index in [1.807, 2.05) is 20.8 Å². The minimum absolute atomic E-state index is 0. The van der Waals surface area contributed by atoms with Gasteiger partial charge in [0.15, 0.2) is 0 Å². The molecular weight excluding hydrogens is 348 g/mol. The van der Waals surface area contributed by atoms with Crippen LogP contribution in [-0.2, 0) is 11.0 Å². The molecule has 0 fully saturated rings. The molecule has 0 atom stereocenters. The van der Waals surface area contributed by atoms with E-state index in [0.717, 1.165) is 12.3 Å². The summed E-state index contributed by atoms with van der Waals surface area (Å²) >= 11 is 0. The minimum atomic E-state index is -4.40. The Labute approximate surface area is 182 Å². The fourth-order valence-electron chi connectivity index (χ4n) is 1.61. The number of aromatic nitrogens is 2. The first-order valence-electron chi connectivity index (χ1n) is 6.73. The van der Waals surface area contributed by atoms with Gasteiger partial charge in [-0.1, -0.05) is 12.3 Å². The number of hydrogen-bond acceptors (Lipinski definition) is 4. The Morgan fingerprint density at radius 3 is 2.29 bits per heavy atom. The third kappa shape index (κ3) is 7.73. The minimum Gasteiger partial charge on any atom is -0.537 e. The number of halogens is 3. The van der Waals surface area contributed by atoms with Crippen molar-refractivity contribution in [2.45, 2.75) is 32.5 Å². The standard InChI is InChI=1S/C13H13F3N3.C2H6NO.K/c1-12(2,3)19-11-10-8(4-5-17-11)6-9(7-18-10)13(14,15)16;1-3-4-2;/h4,6-7H,1-3H3,(H,17,19);1-2H3;/q2*-1;+1. The molecule has 0 saturated heterocycles. The number of alkyl halides is 3. The number of anilines is 1. The van der Waals surface area contributed by atoms with E-state index in [4.69, 9.17) is 0 Å². The third-order valence-corrected chi connectivity index (χ3v) is 2.54. The van der Waals surface area contributed by atoms with Crippen LogP contribution in [0.4, 0.5) is 19.0 Å². The van der Waals surface area contributed by atoms with Gasteiger partial charge in [-0.15, -0.1) is 18.5 Å². The van der Waals surface area contributed by atoms with Gasteiger partial charge < -0.3 is 20.6 Å². The first-order valence-corrected chi connectivity index (χ1v) is 6.73. The Morgan fingerprint density at radius 1 is 1.25 bits per heavy atom. The molecule has 0 aliphatic rings. The normalized spacial score (nSPS) is 11.3. The maximum Gasteiger partial charge on any atom is 1.00 e. The molecule has 2 aromatic heterocycles. The van der Waals surface area contributed by atoms with E-state index >= 15 is 0 Å². The summed E-state index contributed by atoms with van der Waals surface area (Å²) in [4.78, 5) is 12.0. The number of pyridine rings is 2. The molecule has 1 N–H and O–H groups in total. The van der Waals surface area contributed by atoms with Gasteiger partial charge in [0.05, 0.1) is 5.56 Å². The molecule has 2 heterocycles. The van der Waals surface area contributed by atoms with Gasteiger partial charge in [0, 0.05) is 30.2 Å². The van der Waals surface area contributed by atoms with Crippen molar-refractivity contribution in [1.82, 2.24) is 9.97 Å². The van der Waals surface area contributed by atoms with Crippen LogP contribution in [0.1, 0.15) is 26.3 Å². The van der Waals surface area contributed by atoms with Crippen LogP contribution < -0.4 is 56.7 Å². The third-order valence-electron chi connectivity index (χ3n) is 2.54. The van der Waals surface area contributed by atoms with Crippen molar-refractivity contribution in [3.8, 4) is 0 Å². The molecule has 9 heteroatoms. The van der Waals surface area contributed by atoms with E-state index < -0.39 is 11.7 Å². The van der Waals surface area contributed by atoms with E-state index in [1.165, 1.54) is 13.2 Å². The molecule has 24 heavy (non-hydrogen) atoms. The summed E-state index contributed by atoms with van der Waals surface area (Å²) in [5.74, 6) is 0.429. The fourth-order valence-corrected chi connectivity index (χ4v) is 1.61. The van der Waals surface area contributed by atoms with Gasteiger partial charge in [0.1, 0.15) is 0 Å². The zero-order chi connectivity index (χ0) is 17.7. The van der Waals surface area contributed by atoms with E-state index in [9.17, 15) is 13.2 Å². The number of hydrogen-bond donors (Lipinski definition) is 1. The van der Waals surface area contributed by atoms with E-state index in [-0.39, 0.29) is 56.9 Å². The number of nitrogens with zero attached hydrogens (tertiary/aromatic N) is 3. The summed E-state index contributed by atoms with van der Waals surface area (Å²) in [5, 5.41) is 3.45. The van der Waals surface area contributed by atoms with Gasteiger partial charge in [-0.2, -0.15) is 13.2 Å². The molecule has 0 aliphatic carbocycles. The number of hydroxylamine groups is 1. The van der Waals surface area contributed by atoms with Crippen LogP contribution in [0.15, 0.2) is 18.3 Å². The molecule has 0 bridgehead atoms. The van der Waals surface area contributed by atoms with E-state index in [0.29, 0.717) is 16.7 Å². The second-order valence-electron chi connectivity index (χ2n) is 5.63. The second-order valence-corrected chi connectivity index (χ2v) is 5.63. The van der Waals surface area contributed by atoms with Crippen LogP contribution in [0.25, 0.3) is 16.4 Å². The Morgan fingerprint density at radius 2 is 1.83 bits per heavy atom. The Kier molecular flexibility index (Phi) is 9.88. The van der Waals surface area contributed by atoms with E-state index in [1.54, 1.807) is 7.05 Å². The van der Waals surface area contributed by atoms with Crippen LogP contribution in [-0.4, -0.2) is 29.7 Å². The van der Waals surface area contributed by atoms with Crippen molar-refractivity contribution in [1.29, 1.82) is 0 Å². The van der Waals surface area contributed by atoms with E-state index in [2.05, 4.69) is 31.8 Å².